The van der Waals surface area contributed by atoms with Gasteiger partial charge in [-0.15, -0.1) is 0 Å². The Hall–Kier alpha value is -1.13. The van der Waals surface area contributed by atoms with Crippen molar-refractivity contribution in [2.45, 2.75) is 31.8 Å². The quantitative estimate of drug-likeness (QED) is 0.800. The summed E-state index contributed by atoms with van der Waals surface area (Å²) in [5.41, 5.74) is 0.706. The number of halogens is 2. The van der Waals surface area contributed by atoms with E-state index in [-0.39, 0.29) is 17.8 Å². The molecule has 0 aliphatic carbocycles. The smallest absolute Gasteiger partial charge is 0.323 e. The molecule has 0 spiro atoms. The van der Waals surface area contributed by atoms with E-state index in [0.717, 1.165) is 25.8 Å². The van der Waals surface area contributed by atoms with Crippen LogP contribution in [-0.4, -0.2) is 30.6 Å². The van der Waals surface area contributed by atoms with Gasteiger partial charge < -0.3 is 4.74 Å². The first-order valence-corrected chi connectivity index (χ1v) is 6.75. The van der Waals surface area contributed by atoms with Gasteiger partial charge in [0.2, 0.25) is 0 Å². The molecule has 1 aliphatic rings. The molecule has 0 N–H and O–H groups in total. The highest BCUT2D eigenvalue weighted by Gasteiger charge is 2.29. The van der Waals surface area contributed by atoms with E-state index in [1.54, 1.807) is 6.07 Å². The van der Waals surface area contributed by atoms with Crippen LogP contribution >= 0.6 is 11.6 Å². The number of carbonyl (C=O) groups is 1. The molecule has 0 unspecified atom stereocenters. The second-order valence-corrected chi connectivity index (χ2v) is 5.15. The first kappa shape index (κ1) is 14.3. The minimum absolute atomic E-state index is 0.229. The van der Waals surface area contributed by atoms with Crippen LogP contribution in [0, 0.1) is 5.82 Å². The van der Waals surface area contributed by atoms with Gasteiger partial charge in [-0.3, -0.25) is 9.69 Å². The van der Waals surface area contributed by atoms with Gasteiger partial charge in [0.25, 0.3) is 0 Å². The van der Waals surface area contributed by atoms with Crippen LogP contribution in [0.2, 0.25) is 5.02 Å². The normalized spacial score (nSPS) is 20.3. The van der Waals surface area contributed by atoms with E-state index in [1.165, 1.54) is 19.2 Å². The molecule has 2 rings (SSSR count). The maximum Gasteiger partial charge on any atom is 0.323 e. The van der Waals surface area contributed by atoms with E-state index < -0.39 is 0 Å². The Kier molecular flexibility index (Phi) is 4.77. The van der Waals surface area contributed by atoms with Gasteiger partial charge in [0.05, 0.1) is 7.11 Å². The van der Waals surface area contributed by atoms with Crippen molar-refractivity contribution in [3.63, 3.8) is 0 Å². The molecule has 0 amide bonds. The number of esters is 1. The molecule has 1 atom stereocenters. The summed E-state index contributed by atoms with van der Waals surface area (Å²) in [5, 5.41) is 0.524. The number of ether oxygens (including phenoxy) is 1. The van der Waals surface area contributed by atoms with Crippen LogP contribution in [0.15, 0.2) is 18.2 Å². The number of piperidine rings is 1. The van der Waals surface area contributed by atoms with Crippen LogP contribution in [0.1, 0.15) is 24.8 Å². The third-order valence-corrected chi connectivity index (χ3v) is 3.84. The number of benzene rings is 1. The zero-order valence-corrected chi connectivity index (χ0v) is 11.6. The van der Waals surface area contributed by atoms with Gasteiger partial charge in [0.1, 0.15) is 11.9 Å². The van der Waals surface area contributed by atoms with Crippen LogP contribution < -0.4 is 0 Å². The van der Waals surface area contributed by atoms with Gasteiger partial charge in [-0.05, 0) is 43.1 Å². The Morgan fingerprint density at radius 1 is 1.53 bits per heavy atom. The van der Waals surface area contributed by atoms with Crippen molar-refractivity contribution in [2.24, 2.45) is 0 Å². The predicted molar refractivity (Wildman–Crippen MR) is 71.5 cm³/mol. The van der Waals surface area contributed by atoms with Gasteiger partial charge in [-0.25, -0.2) is 4.39 Å². The maximum absolute atomic E-state index is 13.3. The highest BCUT2D eigenvalue weighted by atomic mass is 35.5. The number of carbonyl (C=O) groups excluding carboxylic acids is 1. The lowest BCUT2D eigenvalue weighted by Gasteiger charge is -2.33. The second kappa shape index (κ2) is 6.35. The Labute approximate surface area is 117 Å². The first-order valence-electron chi connectivity index (χ1n) is 6.37. The summed E-state index contributed by atoms with van der Waals surface area (Å²) >= 11 is 6.07. The summed E-state index contributed by atoms with van der Waals surface area (Å²) in [5.74, 6) is -0.543. The summed E-state index contributed by atoms with van der Waals surface area (Å²) in [6, 6.07) is 4.05. The van der Waals surface area contributed by atoms with Gasteiger partial charge in [-0.2, -0.15) is 0 Å². The fourth-order valence-electron chi connectivity index (χ4n) is 2.47. The molecule has 19 heavy (non-hydrogen) atoms. The van der Waals surface area contributed by atoms with Crippen molar-refractivity contribution in [1.82, 2.24) is 4.90 Å². The highest BCUT2D eigenvalue weighted by Crippen LogP contribution is 2.24. The number of methoxy groups -OCH3 is 1. The molecule has 0 aromatic heterocycles. The number of hydrogen-bond acceptors (Lipinski definition) is 3. The fourth-order valence-corrected chi connectivity index (χ4v) is 2.64. The Bertz CT molecular complexity index is 467. The standard InChI is InChI=1S/C14H17ClFNO2/c1-19-14(18)13-4-2-3-7-17(13)9-10-8-11(16)5-6-12(10)15/h5-6,8,13H,2-4,7,9H2,1H3/t13-/m1/s1. The van der Waals surface area contributed by atoms with Crippen molar-refractivity contribution in [2.75, 3.05) is 13.7 Å². The number of rotatable bonds is 3. The average Bonchev–Trinajstić information content (AvgIpc) is 2.42. The van der Waals surface area contributed by atoms with Gasteiger partial charge in [-0.1, -0.05) is 18.0 Å². The zero-order chi connectivity index (χ0) is 13.8. The summed E-state index contributed by atoms with van der Waals surface area (Å²) in [6.07, 6.45) is 2.81. The average molecular weight is 286 g/mol. The summed E-state index contributed by atoms with van der Waals surface area (Å²) in [4.78, 5) is 13.8. The fraction of sp³-hybridized carbons (Fsp3) is 0.500. The Morgan fingerprint density at radius 3 is 3.05 bits per heavy atom. The van der Waals surface area contributed by atoms with Crippen molar-refractivity contribution in [3.8, 4) is 0 Å². The third-order valence-electron chi connectivity index (χ3n) is 3.47. The molecule has 0 radical (unpaired) electrons. The lowest BCUT2D eigenvalue weighted by molar-refractivity contribution is -0.148. The molecule has 3 nitrogen and oxygen atoms in total. The molecular formula is C14H17ClFNO2. The maximum atomic E-state index is 13.3. The SMILES string of the molecule is COC(=O)[C@H]1CCCCN1Cc1cc(F)ccc1Cl. The number of hydrogen-bond donors (Lipinski definition) is 0. The molecule has 1 aromatic carbocycles. The second-order valence-electron chi connectivity index (χ2n) is 4.74. The van der Waals surface area contributed by atoms with E-state index >= 15 is 0 Å². The lowest BCUT2D eigenvalue weighted by atomic mass is 10.0. The molecule has 1 fully saturated rings. The summed E-state index contributed by atoms with van der Waals surface area (Å²) in [6.45, 7) is 1.27. The van der Waals surface area contributed by atoms with E-state index in [1.807, 2.05) is 4.90 Å². The van der Waals surface area contributed by atoms with Crippen LogP contribution in [0.4, 0.5) is 4.39 Å². The molecule has 5 heteroatoms. The van der Waals surface area contributed by atoms with Crippen LogP contribution in [-0.2, 0) is 16.1 Å². The van der Waals surface area contributed by atoms with E-state index in [9.17, 15) is 9.18 Å². The molecule has 1 aliphatic heterocycles. The van der Waals surface area contributed by atoms with E-state index in [4.69, 9.17) is 16.3 Å². The monoisotopic (exact) mass is 285 g/mol. The van der Waals surface area contributed by atoms with Crippen molar-refractivity contribution in [1.29, 1.82) is 0 Å². The van der Waals surface area contributed by atoms with Crippen molar-refractivity contribution < 1.29 is 13.9 Å². The topological polar surface area (TPSA) is 29.5 Å². The van der Waals surface area contributed by atoms with Crippen molar-refractivity contribution in [3.05, 3.63) is 34.6 Å². The van der Waals surface area contributed by atoms with E-state index in [2.05, 4.69) is 0 Å². The minimum Gasteiger partial charge on any atom is -0.468 e. The molecule has 1 heterocycles. The van der Waals surface area contributed by atoms with Gasteiger partial charge in [0, 0.05) is 11.6 Å². The largest absolute Gasteiger partial charge is 0.468 e. The number of likely N-dealkylation sites (tertiary alicyclic amines) is 1. The third kappa shape index (κ3) is 3.45. The van der Waals surface area contributed by atoms with Crippen LogP contribution in [0.3, 0.4) is 0 Å². The minimum atomic E-state index is -0.314. The highest BCUT2D eigenvalue weighted by molar-refractivity contribution is 6.31. The molecule has 1 saturated heterocycles. The predicted octanol–water partition coefficient (Wildman–Crippen LogP) is 3.01. The molecular weight excluding hydrogens is 269 g/mol. The summed E-state index contributed by atoms with van der Waals surface area (Å²) < 4.78 is 18.1. The molecule has 1 aromatic rings. The van der Waals surface area contributed by atoms with E-state index in [0.29, 0.717) is 17.1 Å². The first-order chi connectivity index (χ1) is 9.11. The Balaban J connectivity index is 2.15. The molecule has 104 valence electrons. The van der Waals surface area contributed by atoms with Crippen LogP contribution in [0.25, 0.3) is 0 Å². The van der Waals surface area contributed by atoms with Crippen LogP contribution in [0.5, 0.6) is 0 Å². The zero-order valence-electron chi connectivity index (χ0n) is 10.9. The lowest BCUT2D eigenvalue weighted by Crippen LogP contribution is -2.44. The summed E-state index contributed by atoms with van der Waals surface area (Å²) in [7, 11) is 1.39. The molecule has 0 saturated carbocycles. The molecule has 0 bridgehead atoms. The Morgan fingerprint density at radius 2 is 2.32 bits per heavy atom. The van der Waals surface area contributed by atoms with Crippen molar-refractivity contribution >= 4 is 17.6 Å². The van der Waals surface area contributed by atoms with Gasteiger partial charge in [0.15, 0.2) is 0 Å². The van der Waals surface area contributed by atoms with Gasteiger partial charge >= 0.3 is 5.97 Å². The number of nitrogens with zero attached hydrogens (tertiary/aromatic N) is 1.